The third-order valence-electron chi connectivity index (χ3n) is 5.22. The summed E-state index contributed by atoms with van der Waals surface area (Å²) in [5.41, 5.74) is 4.82. The highest BCUT2D eigenvalue weighted by Crippen LogP contribution is 2.37. The van der Waals surface area contributed by atoms with E-state index < -0.39 is 0 Å². The molecule has 30 heavy (non-hydrogen) atoms. The average molecular weight is 396 g/mol. The van der Waals surface area contributed by atoms with Crippen LogP contribution in [-0.4, -0.2) is 16.8 Å². The molecular weight excluding hydrogens is 372 g/mol. The highest BCUT2D eigenvalue weighted by molar-refractivity contribution is 6.28. The molecule has 4 rings (SSSR count). The van der Waals surface area contributed by atoms with E-state index in [1.165, 1.54) is 0 Å². The van der Waals surface area contributed by atoms with Crippen molar-refractivity contribution in [3.63, 3.8) is 0 Å². The number of aliphatic imine (C=N–C) groups is 1. The number of hydrogen-bond acceptors (Lipinski definition) is 3. The van der Waals surface area contributed by atoms with Crippen LogP contribution >= 0.6 is 0 Å². The summed E-state index contributed by atoms with van der Waals surface area (Å²) in [4.78, 5) is 19.3. The third kappa shape index (κ3) is 3.64. The minimum Gasteiger partial charge on any atom is -0.508 e. The third-order valence-corrected chi connectivity index (χ3v) is 5.22. The largest absolute Gasteiger partial charge is 0.508 e. The number of anilines is 1. The molecule has 4 heteroatoms. The van der Waals surface area contributed by atoms with E-state index in [1.54, 1.807) is 6.07 Å². The highest BCUT2D eigenvalue weighted by atomic mass is 16.3. The quantitative estimate of drug-likeness (QED) is 0.579. The Labute approximate surface area is 176 Å². The van der Waals surface area contributed by atoms with Crippen LogP contribution in [0, 0.1) is 6.92 Å². The highest BCUT2D eigenvalue weighted by Gasteiger charge is 2.33. The van der Waals surface area contributed by atoms with Gasteiger partial charge >= 0.3 is 0 Å². The summed E-state index contributed by atoms with van der Waals surface area (Å²) in [7, 11) is 0. The molecule has 1 aliphatic rings. The Hall–Kier alpha value is -3.66. The summed E-state index contributed by atoms with van der Waals surface area (Å²) in [6.45, 7) is 6.01. The Morgan fingerprint density at radius 2 is 1.60 bits per heavy atom. The van der Waals surface area contributed by atoms with Crippen molar-refractivity contribution in [2.24, 2.45) is 4.99 Å². The fraction of sp³-hybridized carbons (Fsp3) is 0.154. The number of rotatable bonds is 4. The summed E-state index contributed by atoms with van der Waals surface area (Å²) in [6.07, 6.45) is 1.86. The normalized spacial score (nSPS) is 15.2. The molecule has 0 radical (unpaired) electrons. The maximum Gasteiger partial charge on any atom is 0.296 e. The zero-order valence-electron chi connectivity index (χ0n) is 17.3. The van der Waals surface area contributed by atoms with Crippen LogP contribution in [0.1, 0.15) is 42.0 Å². The lowest BCUT2D eigenvalue weighted by molar-refractivity contribution is -0.113. The zero-order valence-corrected chi connectivity index (χ0v) is 17.3. The van der Waals surface area contributed by atoms with Gasteiger partial charge < -0.3 is 5.11 Å². The van der Waals surface area contributed by atoms with E-state index in [0.717, 1.165) is 27.9 Å². The van der Waals surface area contributed by atoms with Gasteiger partial charge in [-0.2, -0.15) is 4.99 Å². The van der Waals surface area contributed by atoms with Crippen LogP contribution in [0.2, 0.25) is 0 Å². The number of aromatic hydroxyl groups is 1. The Kier molecular flexibility index (Phi) is 5.23. The van der Waals surface area contributed by atoms with E-state index in [0.29, 0.717) is 11.5 Å². The van der Waals surface area contributed by atoms with E-state index in [9.17, 15) is 9.90 Å². The Balaban J connectivity index is 1.93. The van der Waals surface area contributed by atoms with Crippen molar-refractivity contribution in [2.75, 3.05) is 4.90 Å². The van der Waals surface area contributed by atoms with Gasteiger partial charge in [-0.3, -0.25) is 9.69 Å². The van der Waals surface area contributed by atoms with Gasteiger partial charge in [-0.05, 0) is 47.7 Å². The van der Waals surface area contributed by atoms with Crippen molar-refractivity contribution >= 4 is 23.5 Å². The number of hydrogen-bond donors (Lipinski definition) is 1. The number of aryl methyl sites for hydroxylation is 1. The second-order valence-corrected chi connectivity index (χ2v) is 7.73. The Morgan fingerprint density at radius 3 is 2.23 bits per heavy atom. The summed E-state index contributed by atoms with van der Waals surface area (Å²) < 4.78 is 0. The fourth-order valence-electron chi connectivity index (χ4n) is 3.67. The van der Waals surface area contributed by atoms with E-state index in [2.05, 4.69) is 4.99 Å². The number of phenols is 1. The lowest BCUT2D eigenvalue weighted by atomic mass is 9.98. The molecule has 4 nitrogen and oxygen atoms in total. The van der Waals surface area contributed by atoms with Gasteiger partial charge in [0.2, 0.25) is 0 Å². The number of amidine groups is 1. The van der Waals surface area contributed by atoms with Crippen molar-refractivity contribution in [3.8, 4) is 5.75 Å². The molecule has 0 spiro atoms. The van der Waals surface area contributed by atoms with Crippen molar-refractivity contribution in [1.82, 2.24) is 0 Å². The van der Waals surface area contributed by atoms with Crippen molar-refractivity contribution in [2.45, 2.75) is 26.7 Å². The zero-order chi connectivity index (χ0) is 21.3. The van der Waals surface area contributed by atoms with Gasteiger partial charge in [0.1, 0.15) is 17.3 Å². The molecule has 0 saturated heterocycles. The van der Waals surface area contributed by atoms with E-state index in [1.807, 2.05) is 98.5 Å². The molecule has 0 aromatic heterocycles. The summed E-state index contributed by atoms with van der Waals surface area (Å²) >= 11 is 0. The maximum atomic E-state index is 13.0. The van der Waals surface area contributed by atoms with Gasteiger partial charge in [-0.1, -0.05) is 74.5 Å². The number of nitrogens with zero attached hydrogens (tertiary/aromatic N) is 2. The molecule has 3 aromatic rings. The van der Waals surface area contributed by atoms with Crippen LogP contribution in [0.3, 0.4) is 0 Å². The molecule has 150 valence electrons. The molecular formula is C26H24N2O2. The number of carbonyl (C=O) groups excluding carboxylic acids is 1. The first kappa shape index (κ1) is 19.6. The van der Waals surface area contributed by atoms with Crippen molar-refractivity contribution in [1.29, 1.82) is 0 Å². The standard InChI is InChI=1S/C26H24N2O2/c1-17(2)21-16-22(18(3)14-24(21)29)28-23(15-19-10-6-4-7-11-19)26(30)27-25(28)20-12-8-5-9-13-20/h4-17,29H,1-3H3/b23-15+. The molecule has 3 aromatic carbocycles. The molecule has 1 N–H and O–H groups in total. The molecule has 0 fully saturated rings. The number of benzene rings is 3. The number of amides is 1. The van der Waals surface area contributed by atoms with Crippen LogP contribution < -0.4 is 4.90 Å². The van der Waals surface area contributed by atoms with Crippen LogP contribution in [0.5, 0.6) is 5.75 Å². The topological polar surface area (TPSA) is 52.9 Å². The molecule has 1 amide bonds. The van der Waals surface area contributed by atoms with E-state index in [4.69, 9.17) is 0 Å². The second kappa shape index (κ2) is 7.99. The van der Waals surface area contributed by atoms with E-state index >= 15 is 0 Å². The van der Waals surface area contributed by atoms with Crippen LogP contribution in [0.25, 0.3) is 6.08 Å². The van der Waals surface area contributed by atoms with Gasteiger partial charge in [-0.25, -0.2) is 0 Å². The van der Waals surface area contributed by atoms with Crippen LogP contribution in [0.15, 0.2) is 83.5 Å². The second-order valence-electron chi connectivity index (χ2n) is 7.73. The number of phenolic OH excluding ortho intramolecular Hbond substituents is 1. The van der Waals surface area contributed by atoms with Gasteiger partial charge in [0.05, 0.1) is 5.69 Å². The fourth-order valence-corrected chi connectivity index (χ4v) is 3.67. The molecule has 1 heterocycles. The first-order valence-electron chi connectivity index (χ1n) is 10.0. The summed E-state index contributed by atoms with van der Waals surface area (Å²) in [5, 5.41) is 10.4. The molecule has 1 aliphatic heterocycles. The van der Waals surface area contributed by atoms with Crippen molar-refractivity contribution < 1.29 is 9.90 Å². The minimum absolute atomic E-state index is 0.140. The Bertz CT molecular complexity index is 1150. The van der Waals surface area contributed by atoms with Gasteiger partial charge in [-0.15, -0.1) is 0 Å². The maximum absolute atomic E-state index is 13.0. The monoisotopic (exact) mass is 396 g/mol. The van der Waals surface area contributed by atoms with Gasteiger partial charge in [0.15, 0.2) is 0 Å². The first-order valence-corrected chi connectivity index (χ1v) is 10.0. The number of carbonyl (C=O) groups is 1. The molecule has 0 unspecified atom stereocenters. The first-order chi connectivity index (χ1) is 14.5. The van der Waals surface area contributed by atoms with Crippen molar-refractivity contribution in [3.05, 3.63) is 101 Å². The summed E-state index contributed by atoms with van der Waals surface area (Å²) in [5.74, 6) is 0.715. The SMILES string of the molecule is Cc1cc(O)c(C(C)C)cc1N1C(c2ccccc2)=NC(=O)/C1=C\c1ccccc1. The summed E-state index contributed by atoms with van der Waals surface area (Å²) in [6, 6.07) is 23.2. The Morgan fingerprint density at radius 1 is 0.967 bits per heavy atom. The minimum atomic E-state index is -0.281. The molecule has 0 atom stereocenters. The van der Waals surface area contributed by atoms with Crippen LogP contribution in [0.4, 0.5) is 5.69 Å². The van der Waals surface area contributed by atoms with Gasteiger partial charge in [0, 0.05) is 5.56 Å². The van der Waals surface area contributed by atoms with Gasteiger partial charge in [0.25, 0.3) is 5.91 Å². The average Bonchev–Trinajstić information content (AvgIpc) is 3.05. The lowest BCUT2D eigenvalue weighted by Crippen LogP contribution is -2.28. The predicted octanol–water partition coefficient (Wildman–Crippen LogP) is 5.66. The van der Waals surface area contributed by atoms with E-state index in [-0.39, 0.29) is 17.6 Å². The van der Waals surface area contributed by atoms with Crippen LogP contribution in [-0.2, 0) is 4.79 Å². The predicted molar refractivity (Wildman–Crippen MR) is 122 cm³/mol. The molecule has 0 bridgehead atoms. The molecule has 0 aliphatic carbocycles. The lowest BCUT2D eigenvalue weighted by Gasteiger charge is -2.25. The smallest absolute Gasteiger partial charge is 0.296 e. The molecule has 0 saturated carbocycles.